The molecule has 1 aromatic heterocycles. The number of nitrogens with two attached hydrogens (primary N) is 1. The van der Waals surface area contributed by atoms with Gasteiger partial charge in [0.25, 0.3) is 11.5 Å². The van der Waals surface area contributed by atoms with Crippen LogP contribution in [0.15, 0.2) is 89.7 Å². The fourth-order valence-corrected chi connectivity index (χ4v) is 5.02. The first-order chi connectivity index (χ1) is 21.2. The maximum atomic E-state index is 15.0. The number of nitrogens with one attached hydrogen (secondary N) is 1. The fourth-order valence-electron chi connectivity index (χ4n) is 4.85. The molecule has 0 spiro atoms. The number of amides is 1. The van der Waals surface area contributed by atoms with E-state index in [4.69, 9.17) is 22.3 Å². The number of carbonyl (C=O) groups is 1. The number of nitrogens with zero attached hydrogens (tertiary/aromatic N) is 3. The molecule has 0 aliphatic carbocycles. The molecule has 0 unspecified atom stereocenters. The lowest BCUT2D eigenvalue weighted by atomic mass is 10.0. The van der Waals surface area contributed by atoms with Gasteiger partial charge in [-0.25, -0.2) is 22.8 Å². The van der Waals surface area contributed by atoms with Crippen LogP contribution in [-0.2, 0) is 6.42 Å². The number of para-hydroxylation sites is 1. The summed E-state index contributed by atoms with van der Waals surface area (Å²) in [6.07, 6.45) is 0.274. The normalized spacial score (nSPS) is 11.8. The Morgan fingerprint density at radius 2 is 1.73 bits per heavy atom. The van der Waals surface area contributed by atoms with E-state index in [1.165, 1.54) is 33.8 Å². The molecule has 0 radical (unpaired) electrons. The molecule has 4 N–H and O–H groups in total. The lowest BCUT2D eigenvalue weighted by molar-refractivity contribution is 0.0655. The summed E-state index contributed by atoms with van der Waals surface area (Å²) in [4.78, 5) is 34.0. The number of hydrogen-bond donors (Lipinski definition) is 3. The van der Waals surface area contributed by atoms with E-state index in [1.807, 2.05) is 0 Å². The molecule has 1 amide bonds. The van der Waals surface area contributed by atoms with Crippen LogP contribution in [0.5, 0.6) is 5.75 Å². The zero-order valence-corrected chi connectivity index (χ0v) is 23.9. The average Bonchev–Trinajstić information content (AvgIpc) is 3.02. The predicted octanol–water partition coefficient (Wildman–Crippen LogP) is 5.82. The van der Waals surface area contributed by atoms with E-state index in [0.29, 0.717) is 22.3 Å². The van der Waals surface area contributed by atoms with Gasteiger partial charge in [-0.05, 0) is 73.1 Å². The SMILES string of the molecule is NCCCN(C(=O)c1ccc(F)c(F)c1F)[C@H](Cc1ccc(O)cc1)c1nc2cc(Cl)ccc2c(=O)n1Nc1ccccc1. The number of hydrogen-bond acceptors (Lipinski definition) is 6. The maximum absolute atomic E-state index is 15.0. The summed E-state index contributed by atoms with van der Waals surface area (Å²) in [5.41, 5.74) is 9.04. The number of rotatable bonds is 10. The van der Waals surface area contributed by atoms with Crippen LogP contribution >= 0.6 is 11.6 Å². The number of phenols is 1. The summed E-state index contributed by atoms with van der Waals surface area (Å²) in [6, 6.07) is 20.0. The third-order valence-electron chi connectivity index (χ3n) is 7.04. The molecule has 0 saturated heterocycles. The van der Waals surface area contributed by atoms with Crippen molar-refractivity contribution in [2.24, 2.45) is 5.73 Å². The van der Waals surface area contributed by atoms with Gasteiger partial charge in [-0.1, -0.05) is 41.9 Å². The third kappa shape index (κ3) is 6.38. The Morgan fingerprint density at radius 1 is 1.00 bits per heavy atom. The van der Waals surface area contributed by atoms with E-state index in [1.54, 1.807) is 48.5 Å². The van der Waals surface area contributed by atoms with Crippen LogP contribution in [0.25, 0.3) is 10.9 Å². The highest BCUT2D eigenvalue weighted by molar-refractivity contribution is 6.31. The second-order valence-electron chi connectivity index (χ2n) is 10.00. The first-order valence-corrected chi connectivity index (χ1v) is 14.0. The largest absolute Gasteiger partial charge is 0.508 e. The highest BCUT2D eigenvalue weighted by atomic mass is 35.5. The molecule has 1 heterocycles. The summed E-state index contributed by atoms with van der Waals surface area (Å²) < 4.78 is 44.3. The minimum Gasteiger partial charge on any atom is -0.508 e. The second kappa shape index (κ2) is 13.2. The van der Waals surface area contributed by atoms with E-state index in [0.717, 1.165) is 6.07 Å². The van der Waals surface area contributed by atoms with Crippen molar-refractivity contribution in [3.05, 3.63) is 135 Å². The highest BCUT2D eigenvalue weighted by Gasteiger charge is 2.33. The molecule has 12 heteroatoms. The van der Waals surface area contributed by atoms with Gasteiger partial charge in [0.1, 0.15) is 5.75 Å². The van der Waals surface area contributed by atoms with Gasteiger partial charge in [0.05, 0.1) is 28.2 Å². The van der Waals surface area contributed by atoms with Crippen LogP contribution in [0.4, 0.5) is 18.9 Å². The van der Waals surface area contributed by atoms with Crippen LogP contribution in [0, 0.1) is 17.5 Å². The molecule has 0 saturated carbocycles. The molecular weight excluding hydrogens is 595 g/mol. The Kier molecular flexibility index (Phi) is 9.17. The van der Waals surface area contributed by atoms with Crippen molar-refractivity contribution in [3.63, 3.8) is 0 Å². The molecule has 44 heavy (non-hydrogen) atoms. The molecule has 5 rings (SSSR count). The first kappa shape index (κ1) is 30.6. The van der Waals surface area contributed by atoms with E-state index in [9.17, 15) is 23.5 Å². The standard InChI is InChI=1S/C32H27ClF3N5O3/c33-20-9-12-23-26(18-20)38-30(41(32(23)44)39-21-5-2-1-3-6-21)27(17-19-7-10-22(42)11-8-19)40(16-4-15-37)31(43)24-13-14-25(34)29(36)28(24)35/h1-3,5-14,18,27,39,42H,4,15-17,37H2/t27-/m1/s1. The van der Waals surface area contributed by atoms with Crippen molar-refractivity contribution in [1.29, 1.82) is 0 Å². The van der Waals surface area contributed by atoms with Crippen LogP contribution < -0.4 is 16.7 Å². The molecule has 0 bridgehead atoms. The van der Waals surface area contributed by atoms with Crippen molar-refractivity contribution < 1.29 is 23.1 Å². The topological polar surface area (TPSA) is 113 Å². The number of carbonyl (C=O) groups excluding carboxylic acids is 1. The molecule has 0 aliphatic heterocycles. The maximum Gasteiger partial charge on any atom is 0.280 e. The number of fused-ring (bicyclic) bond motifs is 1. The number of benzene rings is 4. The number of aromatic nitrogens is 2. The highest BCUT2D eigenvalue weighted by Crippen LogP contribution is 2.30. The minimum absolute atomic E-state index is 0.00588. The molecule has 8 nitrogen and oxygen atoms in total. The average molecular weight is 622 g/mol. The van der Waals surface area contributed by atoms with Gasteiger partial charge in [0, 0.05) is 18.0 Å². The molecule has 0 fully saturated rings. The van der Waals surface area contributed by atoms with Crippen molar-refractivity contribution in [3.8, 4) is 5.75 Å². The van der Waals surface area contributed by atoms with Crippen molar-refractivity contribution in [2.45, 2.75) is 18.9 Å². The molecular formula is C32H27ClF3N5O3. The predicted molar refractivity (Wildman–Crippen MR) is 162 cm³/mol. The van der Waals surface area contributed by atoms with Crippen molar-refractivity contribution >= 4 is 34.1 Å². The lowest BCUT2D eigenvalue weighted by Crippen LogP contribution is -2.42. The summed E-state index contributed by atoms with van der Waals surface area (Å²) in [5, 5.41) is 10.4. The van der Waals surface area contributed by atoms with E-state index in [2.05, 4.69) is 5.43 Å². The lowest BCUT2D eigenvalue weighted by Gasteiger charge is -2.33. The Bertz CT molecular complexity index is 1870. The van der Waals surface area contributed by atoms with E-state index < -0.39 is 40.5 Å². The number of anilines is 1. The molecule has 0 aliphatic rings. The second-order valence-corrected chi connectivity index (χ2v) is 10.4. The van der Waals surface area contributed by atoms with Crippen molar-refractivity contribution in [2.75, 3.05) is 18.5 Å². The van der Waals surface area contributed by atoms with Gasteiger partial charge in [-0.3, -0.25) is 15.0 Å². The Hall–Kier alpha value is -4.87. The van der Waals surface area contributed by atoms with Gasteiger partial charge >= 0.3 is 0 Å². The van der Waals surface area contributed by atoms with E-state index >= 15 is 4.39 Å². The monoisotopic (exact) mass is 621 g/mol. The third-order valence-corrected chi connectivity index (χ3v) is 7.28. The first-order valence-electron chi connectivity index (χ1n) is 13.6. The van der Waals surface area contributed by atoms with E-state index in [-0.39, 0.29) is 48.4 Å². The van der Waals surface area contributed by atoms with Gasteiger partial charge < -0.3 is 15.7 Å². The van der Waals surface area contributed by atoms with Gasteiger partial charge in [0.2, 0.25) is 0 Å². The van der Waals surface area contributed by atoms with Crippen molar-refractivity contribution in [1.82, 2.24) is 14.6 Å². The summed E-state index contributed by atoms with van der Waals surface area (Å²) in [6.45, 7) is 0.0944. The molecule has 226 valence electrons. The van der Waals surface area contributed by atoms with Crippen LogP contribution in [0.1, 0.15) is 34.2 Å². The fraction of sp³-hybridized carbons (Fsp3) is 0.156. The summed E-state index contributed by atoms with van der Waals surface area (Å²) >= 11 is 6.25. The Morgan fingerprint density at radius 3 is 2.43 bits per heavy atom. The molecule has 4 aromatic carbocycles. The summed E-state index contributed by atoms with van der Waals surface area (Å²) in [7, 11) is 0. The van der Waals surface area contributed by atoms with Crippen LogP contribution in [0.3, 0.4) is 0 Å². The number of halogens is 4. The van der Waals surface area contributed by atoms with Gasteiger partial charge in [0.15, 0.2) is 23.3 Å². The zero-order valence-electron chi connectivity index (χ0n) is 23.2. The molecule has 1 atom stereocenters. The van der Waals surface area contributed by atoms with Gasteiger partial charge in [-0.2, -0.15) is 0 Å². The zero-order chi connectivity index (χ0) is 31.4. The summed E-state index contributed by atoms with van der Waals surface area (Å²) in [5.74, 6) is -5.78. The van der Waals surface area contributed by atoms with Crippen LogP contribution in [-0.4, -0.2) is 38.7 Å². The van der Waals surface area contributed by atoms with Crippen LogP contribution in [0.2, 0.25) is 5.02 Å². The quantitative estimate of drug-likeness (QED) is 0.169. The number of phenolic OH excluding ortho intramolecular Hbond substituents is 1. The minimum atomic E-state index is -1.79. The smallest absolute Gasteiger partial charge is 0.280 e. The van der Waals surface area contributed by atoms with Gasteiger partial charge in [-0.15, -0.1) is 0 Å². The Labute approximate surface area is 255 Å². The Balaban J connectivity index is 1.77. The number of aromatic hydroxyl groups is 1. The molecule has 5 aromatic rings.